The molecule has 1 heterocycles. The number of halogens is 1. The average Bonchev–Trinajstić information content (AvgIpc) is 2.83. The molecule has 0 saturated heterocycles. The third kappa shape index (κ3) is 4.49. The van der Waals surface area contributed by atoms with Crippen LogP contribution in [0.2, 0.25) is 5.02 Å². The van der Waals surface area contributed by atoms with Crippen LogP contribution in [0.1, 0.15) is 11.5 Å². The molecule has 0 aliphatic carbocycles. The van der Waals surface area contributed by atoms with Crippen LogP contribution in [0, 0.1) is 6.92 Å². The van der Waals surface area contributed by atoms with Crippen LogP contribution in [-0.2, 0) is 11.3 Å². The lowest BCUT2D eigenvalue weighted by Crippen LogP contribution is -2.18. The van der Waals surface area contributed by atoms with Gasteiger partial charge >= 0.3 is 0 Å². The number of hydrogen-bond acceptors (Lipinski definition) is 6. The van der Waals surface area contributed by atoms with Crippen molar-refractivity contribution in [1.29, 1.82) is 0 Å². The van der Waals surface area contributed by atoms with Gasteiger partial charge in [-0.25, -0.2) is 0 Å². The third-order valence-electron chi connectivity index (χ3n) is 2.53. The molecule has 0 aliphatic rings. The smallest absolute Gasteiger partial charge is 0.281 e. The molecule has 0 unspecified atom stereocenters. The molecule has 7 heteroatoms. The highest BCUT2D eigenvalue weighted by molar-refractivity contribution is 7.99. The second kappa shape index (κ2) is 7.64. The Balaban J connectivity index is 2.06. The summed E-state index contributed by atoms with van der Waals surface area (Å²) in [6.45, 7) is 3.93. The first kappa shape index (κ1) is 15.3. The number of nitrogens with one attached hydrogen (secondary N) is 1. The maximum absolute atomic E-state index is 6.05. The molecule has 108 valence electrons. The van der Waals surface area contributed by atoms with Crippen LogP contribution in [0.4, 0.5) is 0 Å². The molecule has 0 saturated carbocycles. The minimum Gasteiger partial charge on any atom is -0.416 e. The van der Waals surface area contributed by atoms with Gasteiger partial charge in [0, 0.05) is 37.0 Å². The van der Waals surface area contributed by atoms with Crippen molar-refractivity contribution < 1.29 is 9.15 Å². The summed E-state index contributed by atoms with van der Waals surface area (Å²) in [4.78, 5) is 1.04. The first-order valence-electron chi connectivity index (χ1n) is 6.15. The Kier molecular flexibility index (Phi) is 5.85. The Bertz CT molecular complexity index is 562. The van der Waals surface area contributed by atoms with Crippen LogP contribution >= 0.6 is 23.4 Å². The summed E-state index contributed by atoms with van der Waals surface area (Å²) in [7, 11) is 1.68. The van der Waals surface area contributed by atoms with E-state index in [2.05, 4.69) is 15.5 Å². The van der Waals surface area contributed by atoms with E-state index in [1.165, 1.54) is 11.8 Å². The lowest BCUT2D eigenvalue weighted by atomic mass is 10.2. The molecular weight excluding hydrogens is 298 g/mol. The summed E-state index contributed by atoms with van der Waals surface area (Å²) in [5.41, 5.74) is 1.09. The highest BCUT2D eigenvalue weighted by Gasteiger charge is 2.10. The van der Waals surface area contributed by atoms with Crippen LogP contribution in [0.3, 0.4) is 0 Å². The lowest BCUT2D eigenvalue weighted by molar-refractivity contribution is 0.199. The predicted molar refractivity (Wildman–Crippen MR) is 78.2 cm³/mol. The summed E-state index contributed by atoms with van der Waals surface area (Å²) in [5, 5.41) is 12.3. The maximum Gasteiger partial charge on any atom is 0.281 e. The van der Waals surface area contributed by atoms with E-state index < -0.39 is 0 Å². The first-order valence-corrected chi connectivity index (χ1v) is 7.34. The van der Waals surface area contributed by atoms with Crippen LogP contribution in [-0.4, -0.2) is 30.5 Å². The van der Waals surface area contributed by atoms with Gasteiger partial charge in [0.1, 0.15) is 0 Å². The molecule has 1 aromatic heterocycles. The van der Waals surface area contributed by atoms with Crippen LogP contribution in [0.25, 0.3) is 0 Å². The number of aryl methyl sites for hydroxylation is 1. The monoisotopic (exact) mass is 313 g/mol. The minimum atomic E-state index is 0.531. The number of methoxy groups -OCH3 is 1. The van der Waals surface area contributed by atoms with Crippen LogP contribution in [0.15, 0.2) is 32.7 Å². The SMILES string of the molecule is COCCNCc1cc(Cl)ccc1Sc1nnc(C)o1. The van der Waals surface area contributed by atoms with Gasteiger partial charge in [0.05, 0.1) is 6.61 Å². The Morgan fingerprint density at radius 3 is 2.95 bits per heavy atom. The van der Waals surface area contributed by atoms with Gasteiger partial charge in [0.25, 0.3) is 5.22 Å². The molecule has 2 rings (SSSR count). The normalized spacial score (nSPS) is 10.9. The van der Waals surface area contributed by atoms with E-state index in [0.717, 1.165) is 17.0 Å². The quantitative estimate of drug-likeness (QED) is 0.793. The van der Waals surface area contributed by atoms with Gasteiger partial charge in [-0.05, 0) is 35.5 Å². The van der Waals surface area contributed by atoms with Gasteiger partial charge in [0.2, 0.25) is 5.89 Å². The molecule has 5 nitrogen and oxygen atoms in total. The summed E-state index contributed by atoms with van der Waals surface area (Å²) in [6.07, 6.45) is 0. The van der Waals surface area contributed by atoms with Crippen molar-refractivity contribution >= 4 is 23.4 Å². The fourth-order valence-electron chi connectivity index (χ4n) is 1.60. The molecule has 0 bridgehead atoms. The van der Waals surface area contributed by atoms with Gasteiger partial charge in [-0.2, -0.15) is 0 Å². The largest absolute Gasteiger partial charge is 0.416 e. The second-order valence-corrected chi connectivity index (χ2v) is 5.54. The molecule has 20 heavy (non-hydrogen) atoms. The Hall–Kier alpha value is -1.08. The van der Waals surface area contributed by atoms with E-state index in [0.29, 0.717) is 29.3 Å². The van der Waals surface area contributed by atoms with Gasteiger partial charge in [-0.3, -0.25) is 0 Å². The zero-order valence-electron chi connectivity index (χ0n) is 11.4. The number of aromatic nitrogens is 2. The van der Waals surface area contributed by atoms with E-state index in [1.54, 1.807) is 14.0 Å². The number of rotatable bonds is 7. The molecule has 0 amide bonds. The van der Waals surface area contributed by atoms with Gasteiger partial charge in [0.15, 0.2) is 0 Å². The van der Waals surface area contributed by atoms with Gasteiger partial charge < -0.3 is 14.5 Å². The molecule has 0 aliphatic heterocycles. The predicted octanol–water partition coefficient (Wildman–Crippen LogP) is 2.92. The fraction of sp³-hybridized carbons (Fsp3) is 0.385. The van der Waals surface area contributed by atoms with E-state index in [-0.39, 0.29) is 0 Å². The average molecular weight is 314 g/mol. The topological polar surface area (TPSA) is 60.2 Å². The van der Waals surface area contributed by atoms with Crippen molar-refractivity contribution in [2.75, 3.05) is 20.3 Å². The highest BCUT2D eigenvalue weighted by atomic mass is 35.5. The third-order valence-corrected chi connectivity index (χ3v) is 3.72. The summed E-state index contributed by atoms with van der Waals surface area (Å²) < 4.78 is 10.4. The first-order chi connectivity index (χ1) is 9.69. The van der Waals surface area contributed by atoms with Crippen molar-refractivity contribution in [1.82, 2.24) is 15.5 Å². The van der Waals surface area contributed by atoms with E-state index >= 15 is 0 Å². The van der Waals surface area contributed by atoms with Crippen LogP contribution in [0.5, 0.6) is 0 Å². The number of benzene rings is 1. The van der Waals surface area contributed by atoms with Crippen LogP contribution < -0.4 is 5.32 Å². The van der Waals surface area contributed by atoms with E-state index in [9.17, 15) is 0 Å². The number of ether oxygens (including phenoxy) is 1. The maximum atomic E-state index is 6.05. The van der Waals surface area contributed by atoms with Crippen molar-refractivity contribution in [2.45, 2.75) is 23.6 Å². The molecule has 0 spiro atoms. The fourth-order valence-corrected chi connectivity index (χ4v) is 2.62. The minimum absolute atomic E-state index is 0.531. The second-order valence-electron chi connectivity index (χ2n) is 4.11. The van der Waals surface area contributed by atoms with Crippen molar-refractivity contribution in [3.63, 3.8) is 0 Å². The van der Waals surface area contributed by atoms with Crippen molar-refractivity contribution in [3.05, 3.63) is 34.7 Å². The lowest BCUT2D eigenvalue weighted by Gasteiger charge is -2.09. The summed E-state index contributed by atoms with van der Waals surface area (Å²) in [5.74, 6) is 0.557. The number of hydrogen-bond donors (Lipinski definition) is 1. The summed E-state index contributed by atoms with van der Waals surface area (Å²) in [6, 6.07) is 5.75. The Morgan fingerprint density at radius 2 is 2.25 bits per heavy atom. The zero-order chi connectivity index (χ0) is 14.4. The molecule has 1 aromatic carbocycles. The molecular formula is C13H16ClN3O2S. The number of nitrogens with zero attached hydrogens (tertiary/aromatic N) is 2. The molecule has 1 N–H and O–H groups in total. The molecule has 0 atom stereocenters. The van der Waals surface area contributed by atoms with Gasteiger partial charge in [-0.1, -0.05) is 11.6 Å². The standard InChI is InChI=1S/C13H16ClN3O2S/c1-9-16-17-13(19-9)20-12-4-3-11(14)7-10(12)8-15-5-6-18-2/h3-4,7,15H,5-6,8H2,1-2H3. The Morgan fingerprint density at radius 1 is 1.40 bits per heavy atom. The van der Waals surface area contributed by atoms with Crippen molar-refractivity contribution in [3.8, 4) is 0 Å². The highest BCUT2D eigenvalue weighted by Crippen LogP contribution is 2.31. The van der Waals surface area contributed by atoms with Gasteiger partial charge in [-0.15, -0.1) is 10.2 Å². The Labute approximate surface area is 127 Å². The summed E-state index contributed by atoms with van der Waals surface area (Å²) >= 11 is 7.49. The van der Waals surface area contributed by atoms with E-state index in [1.807, 2.05) is 18.2 Å². The molecule has 0 fully saturated rings. The molecule has 2 aromatic rings. The molecule has 0 radical (unpaired) electrons. The van der Waals surface area contributed by atoms with Crippen molar-refractivity contribution in [2.24, 2.45) is 0 Å². The zero-order valence-corrected chi connectivity index (χ0v) is 12.9. The van der Waals surface area contributed by atoms with E-state index in [4.69, 9.17) is 20.8 Å².